The fourth-order valence-corrected chi connectivity index (χ4v) is 4.12. The molecule has 0 amide bonds. The first-order chi connectivity index (χ1) is 9.69. The van der Waals surface area contributed by atoms with Crippen LogP contribution in [0.2, 0.25) is 5.02 Å². The summed E-state index contributed by atoms with van der Waals surface area (Å²) in [6, 6.07) is 7.87. The molecular weight excluding hydrogens is 294 g/mol. The maximum absolute atomic E-state index is 12.3. The predicted octanol–water partition coefficient (Wildman–Crippen LogP) is 2.60. The molecule has 0 radical (unpaired) electrons. The van der Waals surface area contributed by atoms with Crippen molar-refractivity contribution in [1.82, 2.24) is 5.32 Å². The summed E-state index contributed by atoms with van der Waals surface area (Å²) in [4.78, 5) is 0. The average Bonchev–Trinajstić information content (AvgIpc) is 2.95. The third-order valence-electron chi connectivity index (χ3n) is 3.61. The Hall–Kier alpha value is -0.420. The number of nitrogens with one attached hydrogen (secondary N) is 1. The molecule has 112 valence electrons. The minimum Gasteiger partial charge on any atom is -0.381 e. The van der Waals surface area contributed by atoms with Gasteiger partial charge in [-0.25, -0.2) is 0 Å². The highest BCUT2D eigenvalue weighted by Crippen LogP contribution is 2.18. The van der Waals surface area contributed by atoms with Gasteiger partial charge in [0.1, 0.15) is 0 Å². The van der Waals surface area contributed by atoms with E-state index in [2.05, 4.69) is 12.2 Å². The van der Waals surface area contributed by atoms with E-state index < -0.39 is 10.8 Å². The number of halogens is 1. The van der Waals surface area contributed by atoms with Crippen molar-refractivity contribution in [3.05, 3.63) is 34.9 Å². The molecule has 1 aliphatic heterocycles. The zero-order valence-electron chi connectivity index (χ0n) is 11.8. The molecule has 1 aromatic carbocycles. The van der Waals surface area contributed by atoms with E-state index in [-0.39, 0.29) is 6.04 Å². The molecule has 1 aliphatic rings. The lowest BCUT2D eigenvalue weighted by atomic mass is 10.0. The summed E-state index contributed by atoms with van der Waals surface area (Å²) in [6.45, 7) is 4.61. The summed E-state index contributed by atoms with van der Waals surface area (Å²) in [6.07, 6.45) is 1.07. The maximum Gasteiger partial charge on any atom is 0.0510 e. The molecule has 0 aliphatic carbocycles. The van der Waals surface area contributed by atoms with Crippen LogP contribution in [0.15, 0.2) is 24.3 Å². The van der Waals surface area contributed by atoms with E-state index in [1.807, 2.05) is 24.3 Å². The fraction of sp³-hybridized carbons (Fsp3) is 0.600. The van der Waals surface area contributed by atoms with Crippen molar-refractivity contribution in [2.24, 2.45) is 5.92 Å². The standard InChI is InChI=1S/C15H22ClNO2S/c1-2-17-15(13-7-8-19-9-13)11-20(18)10-12-3-5-14(16)6-4-12/h3-6,13,15,17H,2,7-11H2,1H3. The summed E-state index contributed by atoms with van der Waals surface area (Å²) in [5.41, 5.74) is 1.07. The molecule has 0 bridgehead atoms. The molecule has 1 N–H and O–H groups in total. The van der Waals surface area contributed by atoms with Crippen LogP contribution >= 0.6 is 11.6 Å². The molecule has 3 atom stereocenters. The largest absolute Gasteiger partial charge is 0.381 e. The molecule has 5 heteroatoms. The molecule has 1 fully saturated rings. The minimum atomic E-state index is -0.866. The van der Waals surface area contributed by atoms with Crippen LogP contribution in [0, 0.1) is 5.92 Å². The van der Waals surface area contributed by atoms with Crippen molar-refractivity contribution in [3.63, 3.8) is 0 Å². The Balaban J connectivity index is 1.88. The number of rotatable bonds is 7. The summed E-state index contributed by atoms with van der Waals surface area (Å²) < 4.78 is 17.8. The summed E-state index contributed by atoms with van der Waals surface area (Å²) in [5, 5.41) is 4.17. The van der Waals surface area contributed by atoms with Crippen LogP contribution in [-0.2, 0) is 21.3 Å². The monoisotopic (exact) mass is 315 g/mol. The molecule has 1 saturated heterocycles. The number of ether oxygens (including phenoxy) is 1. The Morgan fingerprint density at radius 3 is 2.80 bits per heavy atom. The van der Waals surface area contributed by atoms with Crippen LogP contribution in [0.5, 0.6) is 0 Å². The van der Waals surface area contributed by atoms with Gasteiger partial charge in [-0.1, -0.05) is 30.7 Å². The molecule has 1 heterocycles. The number of hydrogen-bond acceptors (Lipinski definition) is 3. The summed E-state index contributed by atoms with van der Waals surface area (Å²) in [5.74, 6) is 1.76. The fourth-order valence-electron chi connectivity index (χ4n) is 2.52. The van der Waals surface area contributed by atoms with Gasteiger partial charge in [0.25, 0.3) is 0 Å². The first kappa shape index (κ1) is 16.0. The first-order valence-electron chi connectivity index (χ1n) is 7.09. The van der Waals surface area contributed by atoms with E-state index in [0.29, 0.717) is 22.4 Å². The van der Waals surface area contributed by atoms with Gasteiger partial charge < -0.3 is 10.1 Å². The van der Waals surface area contributed by atoms with E-state index in [9.17, 15) is 4.21 Å². The molecule has 20 heavy (non-hydrogen) atoms. The van der Waals surface area contributed by atoms with Crippen LogP contribution in [0.25, 0.3) is 0 Å². The topological polar surface area (TPSA) is 38.3 Å². The van der Waals surface area contributed by atoms with Gasteiger partial charge in [0.2, 0.25) is 0 Å². The SMILES string of the molecule is CCNC(CS(=O)Cc1ccc(Cl)cc1)C1CCOC1. The van der Waals surface area contributed by atoms with Crippen molar-refractivity contribution in [1.29, 1.82) is 0 Å². The van der Waals surface area contributed by atoms with Gasteiger partial charge in [0.05, 0.1) is 6.61 Å². The molecule has 0 aromatic heterocycles. The molecule has 1 aromatic rings. The van der Waals surface area contributed by atoms with Gasteiger partial charge in [-0.15, -0.1) is 0 Å². The van der Waals surface area contributed by atoms with E-state index in [0.717, 1.165) is 31.7 Å². The van der Waals surface area contributed by atoms with Crippen LogP contribution in [0.1, 0.15) is 18.9 Å². The second-order valence-electron chi connectivity index (χ2n) is 5.17. The lowest BCUT2D eigenvalue weighted by Crippen LogP contribution is -2.41. The quantitative estimate of drug-likeness (QED) is 0.840. The van der Waals surface area contributed by atoms with Gasteiger partial charge >= 0.3 is 0 Å². The molecule has 3 unspecified atom stereocenters. The third-order valence-corrected chi connectivity index (χ3v) is 5.24. The molecule has 3 nitrogen and oxygen atoms in total. The lowest BCUT2D eigenvalue weighted by molar-refractivity contribution is 0.179. The van der Waals surface area contributed by atoms with Crippen LogP contribution in [0.4, 0.5) is 0 Å². The van der Waals surface area contributed by atoms with E-state index in [1.54, 1.807) is 0 Å². The molecular formula is C15H22ClNO2S. The lowest BCUT2D eigenvalue weighted by Gasteiger charge is -2.22. The Labute approximate surface area is 128 Å². The highest BCUT2D eigenvalue weighted by Gasteiger charge is 2.26. The zero-order valence-corrected chi connectivity index (χ0v) is 13.4. The summed E-state index contributed by atoms with van der Waals surface area (Å²) in [7, 11) is -0.866. The van der Waals surface area contributed by atoms with Gasteiger partial charge in [0, 0.05) is 45.9 Å². The molecule has 2 rings (SSSR count). The Morgan fingerprint density at radius 1 is 1.45 bits per heavy atom. The van der Waals surface area contributed by atoms with Crippen LogP contribution < -0.4 is 5.32 Å². The van der Waals surface area contributed by atoms with E-state index in [4.69, 9.17) is 16.3 Å². The van der Waals surface area contributed by atoms with Crippen LogP contribution in [-0.4, -0.2) is 35.8 Å². The summed E-state index contributed by atoms with van der Waals surface area (Å²) >= 11 is 5.86. The Kier molecular flexibility index (Phi) is 6.49. The van der Waals surface area contributed by atoms with Gasteiger partial charge in [-0.2, -0.15) is 0 Å². The third kappa shape index (κ3) is 4.85. The smallest absolute Gasteiger partial charge is 0.0510 e. The van der Waals surface area contributed by atoms with E-state index in [1.165, 1.54) is 0 Å². The highest BCUT2D eigenvalue weighted by molar-refractivity contribution is 7.84. The minimum absolute atomic E-state index is 0.288. The van der Waals surface area contributed by atoms with Gasteiger partial charge in [-0.3, -0.25) is 4.21 Å². The predicted molar refractivity (Wildman–Crippen MR) is 84.6 cm³/mol. The Morgan fingerprint density at radius 2 is 2.20 bits per heavy atom. The van der Waals surface area contributed by atoms with Crippen molar-refractivity contribution in [2.45, 2.75) is 25.1 Å². The number of benzene rings is 1. The zero-order chi connectivity index (χ0) is 14.4. The Bertz CT molecular complexity index is 432. The first-order valence-corrected chi connectivity index (χ1v) is 8.96. The highest BCUT2D eigenvalue weighted by atomic mass is 35.5. The van der Waals surface area contributed by atoms with Crippen molar-refractivity contribution < 1.29 is 8.95 Å². The molecule has 0 saturated carbocycles. The second-order valence-corrected chi connectivity index (χ2v) is 7.10. The van der Waals surface area contributed by atoms with Crippen molar-refractivity contribution in [2.75, 3.05) is 25.5 Å². The van der Waals surface area contributed by atoms with Crippen LogP contribution in [0.3, 0.4) is 0 Å². The van der Waals surface area contributed by atoms with Crippen molar-refractivity contribution >= 4 is 22.4 Å². The van der Waals surface area contributed by atoms with E-state index >= 15 is 0 Å². The molecule has 0 spiro atoms. The second kappa shape index (κ2) is 8.13. The van der Waals surface area contributed by atoms with Crippen molar-refractivity contribution in [3.8, 4) is 0 Å². The maximum atomic E-state index is 12.3. The van der Waals surface area contributed by atoms with Gasteiger partial charge in [-0.05, 0) is 30.7 Å². The normalized spacial score (nSPS) is 21.8. The average molecular weight is 316 g/mol. The number of hydrogen-bond donors (Lipinski definition) is 1. The van der Waals surface area contributed by atoms with Gasteiger partial charge in [0.15, 0.2) is 0 Å².